The zero-order valence-corrected chi connectivity index (χ0v) is 25.4. The maximum Gasteiger partial charge on any atom is 0.247 e. The Hall–Kier alpha value is -3.90. The molecule has 0 radical (unpaired) electrons. The number of methoxy groups -OCH3 is 3. The van der Waals surface area contributed by atoms with Gasteiger partial charge in [0.15, 0.2) is 11.5 Å². The lowest BCUT2D eigenvalue weighted by Gasteiger charge is -2.36. The van der Waals surface area contributed by atoms with Crippen LogP contribution >= 0.6 is 0 Å². The van der Waals surface area contributed by atoms with Crippen molar-refractivity contribution in [2.75, 3.05) is 60.7 Å². The van der Waals surface area contributed by atoms with Crippen molar-refractivity contribution in [3.05, 3.63) is 42.0 Å². The molecule has 228 valence electrons. The first-order valence-electron chi connectivity index (χ1n) is 14.2. The molecule has 0 aliphatic carbocycles. The molecule has 1 aliphatic heterocycles. The molecule has 12 nitrogen and oxygen atoms in total. The van der Waals surface area contributed by atoms with Crippen molar-refractivity contribution in [3.63, 3.8) is 0 Å². The number of hydrogen-bond acceptors (Lipinski definition) is 9. The number of nitrogens with one attached hydrogen (secondary N) is 1. The van der Waals surface area contributed by atoms with Crippen LogP contribution in [-0.4, -0.2) is 103 Å². The molecular formula is C30H42N6O6. The summed E-state index contributed by atoms with van der Waals surface area (Å²) < 4.78 is 23.8. The summed E-state index contributed by atoms with van der Waals surface area (Å²) in [7, 11) is 4.57. The quantitative estimate of drug-likeness (QED) is 0.324. The lowest BCUT2D eigenvalue weighted by Crippen LogP contribution is -2.52. The molecule has 0 bridgehead atoms. The summed E-state index contributed by atoms with van der Waals surface area (Å²) in [5.74, 6) is 0.596. The number of para-hydroxylation sites is 1. The van der Waals surface area contributed by atoms with Crippen LogP contribution < -0.4 is 19.5 Å². The minimum absolute atomic E-state index is 0.0883. The predicted molar refractivity (Wildman–Crippen MR) is 158 cm³/mol. The molecule has 42 heavy (non-hydrogen) atoms. The summed E-state index contributed by atoms with van der Waals surface area (Å²) in [6, 6.07) is 9.93. The van der Waals surface area contributed by atoms with Crippen molar-refractivity contribution < 1.29 is 28.5 Å². The normalized spacial score (nSPS) is 14.8. The molecule has 12 heteroatoms. The lowest BCUT2D eigenvalue weighted by molar-refractivity contribution is -0.142. The van der Waals surface area contributed by atoms with Gasteiger partial charge in [0, 0.05) is 31.7 Å². The summed E-state index contributed by atoms with van der Waals surface area (Å²) in [5, 5.41) is 11.6. The Labute approximate surface area is 246 Å². The molecule has 2 amide bonds. The molecule has 1 aromatic heterocycles. The van der Waals surface area contributed by atoms with Gasteiger partial charge in [-0.2, -0.15) is 0 Å². The molecule has 1 atom stereocenters. The standard InChI is InChI=1S/C30H42N6O6/c1-7-30(2,3)31-29(38)27(21-18-24(39-4)28(41-6)25(19-21)40-5)35(13-12-34-14-16-42-17-15-34)26(37)20-36-23-11-9-8-10-22(23)32-33-36/h8-11,18-19,27H,7,12-17,20H2,1-6H3,(H,31,38)/t27-/m1/s1. The van der Waals surface area contributed by atoms with Crippen molar-refractivity contribution in [3.8, 4) is 17.2 Å². The van der Waals surface area contributed by atoms with Crippen LogP contribution in [0.1, 0.15) is 38.8 Å². The average molecular weight is 583 g/mol. The Morgan fingerprint density at radius 1 is 1.07 bits per heavy atom. The van der Waals surface area contributed by atoms with Crippen LogP contribution in [0.4, 0.5) is 0 Å². The number of rotatable bonds is 13. The fraction of sp³-hybridized carbons (Fsp3) is 0.533. The second-order valence-corrected chi connectivity index (χ2v) is 10.9. The van der Waals surface area contributed by atoms with Gasteiger partial charge < -0.3 is 29.2 Å². The number of benzene rings is 2. The van der Waals surface area contributed by atoms with Crippen molar-refractivity contribution >= 4 is 22.8 Å². The van der Waals surface area contributed by atoms with E-state index in [-0.39, 0.29) is 18.4 Å². The summed E-state index contributed by atoms with van der Waals surface area (Å²) >= 11 is 0. The molecule has 1 N–H and O–H groups in total. The Morgan fingerprint density at radius 2 is 1.74 bits per heavy atom. The molecule has 1 saturated heterocycles. The van der Waals surface area contributed by atoms with Crippen LogP contribution in [0.3, 0.4) is 0 Å². The van der Waals surface area contributed by atoms with E-state index in [0.29, 0.717) is 61.1 Å². The molecule has 0 spiro atoms. The molecule has 1 aliphatic rings. The van der Waals surface area contributed by atoms with Crippen LogP contribution in [-0.2, 0) is 20.9 Å². The molecule has 0 unspecified atom stereocenters. The van der Waals surface area contributed by atoms with Crippen molar-refractivity contribution in [1.29, 1.82) is 0 Å². The van der Waals surface area contributed by atoms with E-state index in [0.717, 1.165) is 18.6 Å². The second kappa shape index (κ2) is 13.8. The van der Waals surface area contributed by atoms with Crippen LogP contribution in [0.5, 0.6) is 17.2 Å². The van der Waals surface area contributed by atoms with E-state index in [4.69, 9.17) is 18.9 Å². The number of carbonyl (C=O) groups excluding carboxylic acids is 2. The zero-order chi connectivity index (χ0) is 30.3. The van der Waals surface area contributed by atoms with Crippen LogP contribution in [0.2, 0.25) is 0 Å². The summed E-state index contributed by atoms with van der Waals surface area (Å²) in [4.78, 5) is 32.3. The molecular weight excluding hydrogens is 540 g/mol. The Morgan fingerprint density at radius 3 is 2.36 bits per heavy atom. The lowest BCUT2D eigenvalue weighted by atomic mass is 9.98. The third-order valence-electron chi connectivity index (χ3n) is 7.69. The highest BCUT2D eigenvalue weighted by atomic mass is 16.5. The number of morpholine rings is 1. The number of aromatic nitrogens is 3. The van der Waals surface area contributed by atoms with Crippen molar-refractivity contribution in [2.24, 2.45) is 0 Å². The van der Waals surface area contributed by atoms with E-state index in [1.807, 2.05) is 45.0 Å². The zero-order valence-electron chi connectivity index (χ0n) is 25.4. The van der Waals surface area contributed by atoms with Crippen LogP contribution in [0.25, 0.3) is 11.0 Å². The summed E-state index contributed by atoms with van der Waals surface area (Å²) in [5.41, 5.74) is 1.46. The SMILES string of the molecule is CCC(C)(C)NC(=O)[C@@H](c1cc(OC)c(OC)c(OC)c1)N(CCN1CCOCC1)C(=O)Cn1nnc2ccccc21. The van der Waals surface area contributed by atoms with Gasteiger partial charge in [-0.15, -0.1) is 5.10 Å². The van der Waals surface area contributed by atoms with Crippen LogP contribution in [0.15, 0.2) is 36.4 Å². The first-order chi connectivity index (χ1) is 20.2. The smallest absolute Gasteiger partial charge is 0.247 e. The van der Waals surface area contributed by atoms with Gasteiger partial charge in [0.2, 0.25) is 17.6 Å². The fourth-order valence-electron chi connectivity index (χ4n) is 4.95. The molecule has 4 rings (SSSR count). The van der Waals surface area contributed by atoms with E-state index < -0.39 is 11.6 Å². The average Bonchev–Trinajstić information content (AvgIpc) is 3.41. The maximum absolute atomic E-state index is 14.2. The largest absolute Gasteiger partial charge is 0.493 e. The number of hydrogen-bond donors (Lipinski definition) is 1. The Bertz CT molecular complexity index is 1340. The third kappa shape index (κ3) is 7.11. The topological polar surface area (TPSA) is 120 Å². The highest BCUT2D eigenvalue weighted by molar-refractivity contribution is 5.90. The summed E-state index contributed by atoms with van der Waals surface area (Å²) in [6.07, 6.45) is 0.702. The molecule has 0 saturated carbocycles. The number of nitrogens with zero attached hydrogens (tertiary/aromatic N) is 5. The Balaban J connectivity index is 1.79. The van der Waals surface area contributed by atoms with Crippen molar-refractivity contribution in [2.45, 2.75) is 45.3 Å². The van der Waals surface area contributed by atoms with Gasteiger partial charge in [-0.3, -0.25) is 14.5 Å². The van der Waals surface area contributed by atoms with Crippen molar-refractivity contribution in [1.82, 2.24) is 30.1 Å². The van der Waals surface area contributed by atoms with E-state index in [9.17, 15) is 9.59 Å². The minimum atomic E-state index is -0.993. The second-order valence-electron chi connectivity index (χ2n) is 10.9. The minimum Gasteiger partial charge on any atom is -0.493 e. The van der Waals surface area contributed by atoms with Gasteiger partial charge in [-0.1, -0.05) is 24.3 Å². The van der Waals surface area contributed by atoms with E-state index in [1.54, 1.807) is 21.7 Å². The molecule has 3 aromatic rings. The van der Waals surface area contributed by atoms with E-state index in [1.165, 1.54) is 21.3 Å². The maximum atomic E-state index is 14.2. The summed E-state index contributed by atoms with van der Waals surface area (Å²) in [6.45, 7) is 9.45. The fourth-order valence-corrected chi connectivity index (χ4v) is 4.95. The van der Waals surface area contributed by atoms with Gasteiger partial charge in [-0.05, 0) is 50.1 Å². The number of ether oxygens (including phenoxy) is 4. The van der Waals surface area contributed by atoms with Gasteiger partial charge >= 0.3 is 0 Å². The highest BCUT2D eigenvalue weighted by Gasteiger charge is 2.36. The monoisotopic (exact) mass is 582 g/mol. The number of amides is 2. The Kier molecular flexibility index (Phi) is 10.2. The highest BCUT2D eigenvalue weighted by Crippen LogP contribution is 2.41. The molecule has 2 heterocycles. The predicted octanol–water partition coefficient (Wildman–Crippen LogP) is 2.66. The van der Waals surface area contributed by atoms with Gasteiger partial charge in [0.1, 0.15) is 18.1 Å². The van der Waals surface area contributed by atoms with Gasteiger partial charge in [0.05, 0.1) is 40.1 Å². The van der Waals surface area contributed by atoms with Gasteiger partial charge in [0.25, 0.3) is 0 Å². The van der Waals surface area contributed by atoms with E-state index >= 15 is 0 Å². The first-order valence-corrected chi connectivity index (χ1v) is 14.2. The van der Waals surface area contributed by atoms with Gasteiger partial charge in [-0.25, -0.2) is 4.68 Å². The third-order valence-corrected chi connectivity index (χ3v) is 7.69. The van der Waals surface area contributed by atoms with E-state index in [2.05, 4.69) is 20.5 Å². The first kappa shape index (κ1) is 31.0. The molecule has 1 fully saturated rings. The van der Waals surface area contributed by atoms with Crippen LogP contribution in [0, 0.1) is 0 Å². The number of fused-ring (bicyclic) bond motifs is 1. The molecule has 2 aromatic carbocycles. The number of carbonyl (C=O) groups is 2.